The Labute approximate surface area is 158 Å². The van der Waals surface area contributed by atoms with Crippen LogP contribution in [0.3, 0.4) is 0 Å². The van der Waals surface area contributed by atoms with E-state index >= 15 is 0 Å². The molecule has 0 aromatic heterocycles. The van der Waals surface area contributed by atoms with E-state index in [1.54, 1.807) is 41.5 Å². The van der Waals surface area contributed by atoms with Crippen LogP contribution in [0.25, 0.3) is 0 Å². The summed E-state index contributed by atoms with van der Waals surface area (Å²) in [5.74, 6) is 0.484. The zero-order chi connectivity index (χ0) is 19.3. The Morgan fingerprint density at radius 1 is 0.870 bits per heavy atom. The number of ether oxygens (including phenoxy) is 1. The number of hydrogen-bond donors (Lipinski definition) is 4. The molecule has 0 rings (SSSR count). The predicted octanol–water partition coefficient (Wildman–Crippen LogP) is 2.50. The quantitative estimate of drug-likeness (QED) is 0.436. The Hall–Kier alpha value is 0.0243. The van der Waals surface area contributed by atoms with Crippen molar-refractivity contribution >= 4 is 5.97 Å². The summed E-state index contributed by atoms with van der Waals surface area (Å²) >= 11 is 0. The van der Waals surface area contributed by atoms with Gasteiger partial charge in [-0.15, -0.1) is 0 Å². The Kier molecular flexibility index (Phi) is 56.3. The molecule has 4 N–H and O–H groups in total. The first kappa shape index (κ1) is 38.5. The number of carboxylic acids is 1. The molecule has 0 radical (unpaired) electrons. The van der Waals surface area contributed by atoms with Crippen LogP contribution in [0, 0.1) is 5.92 Å². The molecule has 0 spiro atoms. The maximum Gasteiger partial charge on any atom is 0.329 e. The van der Waals surface area contributed by atoms with Gasteiger partial charge < -0.3 is 31.1 Å². The van der Waals surface area contributed by atoms with Crippen LogP contribution in [0.2, 0.25) is 0 Å². The molecule has 0 bridgehead atoms. The molecule has 6 nitrogen and oxygen atoms in total. The maximum absolute atomic E-state index is 9.47. The molecule has 0 aromatic carbocycles. The van der Waals surface area contributed by atoms with Crippen LogP contribution in [0.1, 0.15) is 62.3 Å². The van der Waals surface area contributed by atoms with Crippen LogP contribution >= 0.6 is 0 Å². The molecule has 0 atom stereocenters. The molecule has 0 aliphatic rings. The van der Waals surface area contributed by atoms with Gasteiger partial charge in [0.15, 0.2) is 0 Å². The fourth-order valence-corrected chi connectivity index (χ4v) is 0.123. The fraction of sp³-hybridized carbons (Fsp3) is 0.875. The van der Waals surface area contributed by atoms with Crippen LogP contribution < -0.4 is 0 Å². The van der Waals surface area contributed by atoms with E-state index in [0.29, 0.717) is 0 Å². The van der Waals surface area contributed by atoms with Gasteiger partial charge in [0, 0.05) is 47.1 Å². The second kappa shape index (κ2) is 33.6. The van der Waals surface area contributed by atoms with Crippen LogP contribution in [-0.2, 0) is 31.2 Å². The van der Waals surface area contributed by atoms with Crippen molar-refractivity contribution < 1.29 is 51.7 Å². The summed E-state index contributed by atoms with van der Waals surface area (Å²) in [6, 6.07) is 0. The molecule has 23 heavy (non-hydrogen) atoms. The summed E-state index contributed by atoms with van der Waals surface area (Å²) in [5, 5.41) is 32.0. The average molecular weight is 375 g/mol. The zero-order valence-electron chi connectivity index (χ0n) is 16.5. The number of hydrogen-bond acceptors (Lipinski definition) is 5. The van der Waals surface area contributed by atoms with Gasteiger partial charge in [-0.25, -0.2) is 4.79 Å². The summed E-state index contributed by atoms with van der Waals surface area (Å²) in [7, 11) is 1.34. The van der Waals surface area contributed by atoms with E-state index in [0.717, 1.165) is 0 Å². The van der Waals surface area contributed by atoms with Gasteiger partial charge in [0.25, 0.3) is 0 Å². The summed E-state index contributed by atoms with van der Waals surface area (Å²) in [6.45, 7) is 16.4. The predicted molar refractivity (Wildman–Crippen MR) is 91.8 cm³/mol. The molecule has 0 aliphatic heterocycles. The van der Waals surface area contributed by atoms with Crippen LogP contribution in [-0.4, -0.2) is 58.4 Å². The molecule has 0 saturated heterocycles. The molecule has 0 fully saturated rings. The molecular formula is C16H39O6Ti-. The average Bonchev–Trinajstić information content (AvgIpc) is 2.12. The van der Waals surface area contributed by atoms with Crippen molar-refractivity contribution in [3.05, 3.63) is 5.92 Å². The maximum atomic E-state index is 9.47. The molecule has 0 aliphatic carbocycles. The van der Waals surface area contributed by atoms with Crippen molar-refractivity contribution in [3.8, 4) is 0 Å². The van der Waals surface area contributed by atoms with Gasteiger partial charge in [-0.05, 0) is 41.5 Å². The number of aliphatic hydroxyl groups excluding tert-OH is 3. The smallest absolute Gasteiger partial charge is 0.329 e. The number of rotatable bonds is 2. The topological polar surface area (TPSA) is 107 Å². The van der Waals surface area contributed by atoms with Gasteiger partial charge in [-0.2, -0.15) is 20.8 Å². The number of carboxylic acid groups (broad SMARTS) is 1. The Morgan fingerprint density at radius 3 is 1.00 bits per heavy atom. The minimum atomic E-state index is -0.933. The van der Waals surface area contributed by atoms with Crippen LogP contribution in [0.4, 0.5) is 0 Å². The monoisotopic (exact) mass is 375 g/mol. The standard InChI is InChI=1S/C4H9.C3H6O3.3C3H8O.Ti/c1-4(2)3;1-6-2-3(4)5;3*1-3(2)4;/h1-3H3;2H2,1H3,(H,4,5);3*3-4H,1-2H3;/q-1;;;;;. The van der Waals surface area contributed by atoms with Crippen LogP contribution in [0.5, 0.6) is 0 Å². The molecular weight excluding hydrogens is 336 g/mol. The van der Waals surface area contributed by atoms with E-state index in [1.807, 2.05) is 0 Å². The van der Waals surface area contributed by atoms with E-state index < -0.39 is 5.97 Å². The van der Waals surface area contributed by atoms with Crippen molar-refractivity contribution in [1.82, 2.24) is 0 Å². The number of methoxy groups -OCH3 is 1. The van der Waals surface area contributed by atoms with E-state index in [4.69, 9.17) is 20.4 Å². The minimum Gasteiger partial charge on any atom is -0.480 e. The van der Waals surface area contributed by atoms with E-state index in [1.165, 1.54) is 13.0 Å². The number of aliphatic carboxylic acids is 1. The first-order chi connectivity index (χ1) is 9.70. The summed E-state index contributed by atoms with van der Waals surface area (Å²) in [6.07, 6.45) is -0.500. The Bertz CT molecular complexity index is 150. The van der Waals surface area contributed by atoms with Gasteiger partial charge in [0.05, 0.1) is 0 Å². The van der Waals surface area contributed by atoms with Crippen molar-refractivity contribution in [3.63, 3.8) is 0 Å². The molecule has 0 amide bonds. The van der Waals surface area contributed by atoms with Crippen LogP contribution in [0.15, 0.2) is 0 Å². The normalized spacial score (nSPS) is 8.39. The SMILES string of the molecule is CC(C)O.CC(C)O.CC(C)O.COCC(=O)O.C[C-](C)C.[Ti]. The van der Waals surface area contributed by atoms with Crippen molar-refractivity contribution in [2.75, 3.05) is 13.7 Å². The van der Waals surface area contributed by atoms with Crippen molar-refractivity contribution in [1.29, 1.82) is 0 Å². The first-order valence-electron chi connectivity index (χ1n) is 7.22. The number of aliphatic hydroxyl groups is 3. The molecule has 7 heteroatoms. The third-order valence-corrected chi connectivity index (χ3v) is 0.268. The molecule has 0 aromatic rings. The van der Waals surface area contributed by atoms with Crippen molar-refractivity contribution in [2.45, 2.75) is 80.6 Å². The summed E-state index contributed by atoms with van der Waals surface area (Å²) in [4.78, 5) is 9.47. The molecule has 144 valence electrons. The van der Waals surface area contributed by atoms with Crippen molar-refractivity contribution in [2.24, 2.45) is 0 Å². The fourth-order valence-electron chi connectivity index (χ4n) is 0.123. The molecule has 0 saturated carbocycles. The van der Waals surface area contributed by atoms with E-state index in [9.17, 15) is 4.79 Å². The minimum absolute atomic E-state index is 0. The second-order valence-corrected chi connectivity index (χ2v) is 5.61. The third kappa shape index (κ3) is 966. The van der Waals surface area contributed by atoms with Gasteiger partial charge >= 0.3 is 5.97 Å². The Balaban J connectivity index is -0.0000000393. The summed E-state index contributed by atoms with van der Waals surface area (Å²) < 4.78 is 4.20. The molecule has 0 unspecified atom stereocenters. The van der Waals surface area contributed by atoms with Gasteiger partial charge in [0.1, 0.15) is 6.61 Å². The third-order valence-electron chi connectivity index (χ3n) is 0.268. The Morgan fingerprint density at radius 2 is 1.00 bits per heavy atom. The van der Waals surface area contributed by atoms with E-state index in [2.05, 4.69) is 25.5 Å². The largest absolute Gasteiger partial charge is 0.480 e. The summed E-state index contributed by atoms with van der Waals surface area (Å²) in [5.41, 5.74) is 0. The molecule has 0 heterocycles. The van der Waals surface area contributed by atoms with Gasteiger partial charge in [-0.3, -0.25) is 0 Å². The zero-order valence-corrected chi connectivity index (χ0v) is 18.1. The number of carbonyl (C=O) groups is 1. The second-order valence-electron chi connectivity index (χ2n) is 5.61. The van der Waals surface area contributed by atoms with E-state index in [-0.39, 0.29) is 46.6 Å². The van der Waals surface area contributed by atoms with Gasteiger partial charge in [0.2, 0.25) is 0 Å². The van der Waals surface area contributed by atoms with Gasteiger partial charge in [-0.1, -0.05) is 0 Å². The first-order valence-corrected chi connectivity index (χ1v) is 7.22.